The van der Waals surface area contributed by atoms with E-state index in [1.165, 1.54) is 11.8 Å². The number of anilines is 1. The predicted octanol–water partition coefficient (Wildman–Crippen LogP) is 4.72. The molecular weight excluding hydrogens is 347 g/mol. The molecule has 0 aromatic carbocycles. The van der Waals surface area contributed by atoms with Crippen LogP contribution in [0.5, 0.6) is 0 Å². The van der Waals surface area contributed by atoms with Crippen molar-refractivity contribution in [3.63, 3.8) is 0 Å². The molecule has 6 heteroatoms. The predicted molar refractivity (Wildman–Crippen MR) is 103 cm³/mol. The van der Waals surface area contributed by atoms with Crippen LogP contribution < -0.4 is 4.90 Å². The van der Waals surface area contributed by atoms with Crippen LogP contribution in [0.3, 0.4) is 0 Å². The Hall–Kier alpha value is -2.08. The SMILES string of the molecule is CN(c1ccc(-c2cc3ccncc3s2)nn1)[C@H]1C[C@@H]2CC[C@@H](C2)[C@H]1F. The lowest BCUT2D eigenvalue weighted by molar-refractivity contribution is 0.144. The highest BCUT2D eigenvalue weighted by atomic mass is 32.1. The maximum atomic E-state index is 14.8. The molecule has 0 radical (unpaired) electrons. The first-order valence-electron chi connectivity index (χ1n) is 9.23. The fourth-order valence-corrected chi connectivity index (χ4v) is 5.59. The van der Waals surface area contributed by atoms with Gasteiger partial charge < -0.3 is 4.90 Å². The average Bonchev–Trinajstić information content (AvgIpc) is 3.29. The van der Waals surface area contributed by atoms with Crippen LogP contribution >= 0.6 is 11.3 Å². The van der Waals surface area contributed by atoms with Gasteiger partial charge in [-0.15, -0.1) is 21.5 Å². The smallest absolute Gasteiger partial charge is 0.151 e. The Morgan fingerprint density at radius 3 is 2.88 bits per heavy atom. The van der Waals surface area contributed by atoms with Crippen molar-refractivity contribution in [1.82, 2.24) is 15.2 Å². The highest BCUT2D eigenvalue weighted by molar-refractivity contribution is 7.22. The second-order valence-corrected chi connectivity index (χ2v) is 8.68. The zero-order valence-corrected chi connectivity index (χ0v) is 15.5. The largest absolute Gasteiger partial charge is 0.352 e. The van der Waals surface area contributed by atoms with Gasteiger partial charge in [0.1, 0.15) is 11.9 Å². The van der Waals surface area contributed by atoms with Crippen molar-refractivity contribution in [2.24, 2.45) is 11.8 Å². The van der Waals surface area contributed by atoms with Crippen molar-refractivity contribution in [3.8, 4) is 10.6 Å². The van der Waals surface area contributed by atoms with Crippen molar-refractivity contribution >= 4 is 27.2 Å². The summed E-state index contributed by atoms with van der Waals surface area (Å²) in [5.41, 5.74) is 0.851. The molecule has 134 valence electrons. The van der Waals surface area contributed by atoms with E-state index in [0.717, 1.165) is 40.4 Å². The Kier molecular flexibility index (Phi) is 3.89. The van der Waals surface area contributed by atoms with E-state index in [1.807, 2.05) is 36.3 Å². The summed E-state index contributed by atoms with van der Waals surface area (Å²) in [7, 11) is 1.96. The number of aromatic nitrogens is 3. The molecule has 2 aliphatic rings. The molecule has 4 atom stereocenters. The van der Waals surface area contributed by atoms with Crippen LogP contribution in [0.25, 0.3) is 20.7 Å². The maximum absolute atomic E-state index is 14.8. The molecule has 4 nitrogen and oxygen atoms in total. The number of hydrogen-bond acceptors (Lipinski definition) is 5. The van der Waals surface area contributed by atoms with Gasteiger partial charge in [0.25, 0.3) is 0 Å². The standard InChI is InChI=1S/C20H21FN4S/c1-25(16-9-12-2-3-14(8-12)20(16)21)19-5-4-15(23-24-19)17-10-13-6-7-22-11-18(13)26-17/h4-7,10-12,14,16,20H,2-3,8-9H2,1H3/t12-,14+,16+,20-/m1/s1. The number of fused-ring (bicyclic) bond motifs is 3. The van der Waals surface area contributed by atoms with E-state index >= 15 is 0 Å². The van der Waals surface area contributed by atoms with Crippen LogP contribution in [0.15, 0.2) is 36.7 Å². The minimum atomic E-state index is -0.754. The van der Waals surface area contributed by atoms with Gasteiger partial charge in [-0.1, -0.05) is 0 Å². The van der Waals surface area contributed by atoms with E-state index in [2.05, 4.69) is 21.2 Å². The van der Waals surface area contributed by atoms with Gasteiger partial charge in [-0.2, -0.15) is 0 Å². The first-order chi connectivity index (χ1) is 12.7. The van der Waals surface area contributed by atoms with Crippen molar-refractivity contribution < 1.29 is 4.39 Å². The summed E-state index contributed by atoms with van der Waals surface area (Å²) in [6, 6.07) is 8.00. The quantitative estimate of drug-likeness (QED) is 0.671. The Morgan fingerprint density at radius 2 is 2.08 bits per heavy atom. The molecule has 2 fully saturated rings. The molecule has 2 bridgehead atoms. The molecule has 5 rings (SSSR count). The number of rotatable bonds is 3. The van der Waals surface area contributed by atoms with Gasteiger partial charge in [0.05, 0.1) is 15.6 Å². The monoisotopic (exact) mass is 368 g/mol. The molecule has 3 aromatic rings. The third-order valence-electron chi connectivity index (χ3n) is 6.06. The van der Waals surface area contributed by atoms with Gasteiger partial charge >= 0.3 is 0 Å². The highest BCUT2D eigenvalue weighted by Gasteiger charge is 2.44. The number of nitrogens with zero attached hydrogens (tertiary/aromatic N) is 4. The van der Waals surface area contributed by atoms with Crippen LogP contribution in [0, 0.1) is 11.8 Å². The third-order valence-corrected chi connectivity index (χ3v) is 7.17. The number of hydrogen-bond donors (Lipinski definition) is 0. The first-order valence-corrected chi connectivity index (χ1v) is 10.1. The summed E-state index contributed by atoms with van der Waals surface area (Å²) < 4.78 is 16.0. The Balaban J connectivity index is 1.39. The van der Waals surface area contributed by atoms with Crippen LogP contribution in [0.1, 0.15) is 25.7 Å². The highest BCUT2D eigenvalue weighted by Crippen LogP contribution is 2.45. The molecule has 0 N–H and O–H groups in total. The van der Waals surface area contributed by atoms with Gasteiger partial charge in [0.2, 0.25) is 0 Å². The second-order valence-electron chi connectivity index (χ2n) is 7.60. The maximum Gasteiger partial charge on any atom is 0.151 e. The van der Waals surface area contributed by atoms with Crippen LogP contribution in [-0.4, -0.2) is 34.4 Å². The third kappa shape index (κ3) is 2.67. The summed E-state index contributed by atoms with van der Waals surface area (Å²) >= 11 is 1.66. The molecule has 3 aromatic heterocycles. The molecule has 2 saturated carbocycles. The number of alkyl halides is 1. The van der Waals surface area contributed by atoms with Crippen molar-refractivity contribution in [1.29, 1.82) is 0 Å². The summed E-state index contributed by atoms with van der Waals surface area (Å²) in [5.74, 6) is 1.67. The van der Waals surface area contributed by atoms with Crippen LogP contribution in [-0.2, 0) is 0 Å². The lowest BCUT2D eigenvalue weighted by Crippen LogP contribution is -2.46. The van der Waals surface area contributed by atoms with E-state index in [4.69, 9.17) is 0 Å². The molecule has 0 amide bonds. The fourth-order valence-electron chi connectivity index (χ4n) is 4.60. The summed E-state index contributed by atoms with van der Waals surface area (Å²) in [6.45, 7) is 0. The molecule has 2 aliphatic carbocycles. The zero-order chi connectivity index (χ0) is 17.7. The summed E-state index contributed by atoms with van der Waals surface area (Å²) in [5, 5.41) is 9.99. The Bertz CT molecular complexity index is 892. The molecule has 0 spiro atoms. The van der Waals surface area contributed by atoms with Gasteiger partial charge in [-0.3, -0.25) is 4.98 Å². The number of thiophene rings is 1. The van der Waals surface area contributed by atoms with E-state index in [0.29, 0.717) is 5.92 Å². The molecule has 0 saturated heterocycles. The van der Waals surface area contributed by atoms with E-state index in [9.17, 15) is 4.39 Å². The van der Waals surface area contributed by atoms with Crippen LogP contribution in [0.2, 0.25) is 0 Å². The summed E-state index contributed by atoms with van der Waals surface area (Å²) in [4.78, 5) is 7.24. The fraction of sp³-hybridized carbons (Fsp3) is 0.450. The van der Waals surface area contributed by atoms with Crippen molar-refractivity contribution in [3.05, 3.63) is 36.7 Å². The minimum Gasteiger partial charge on any atom is -0.352 e. The van der Waals surface area contributed by atoms with Gasteiger partial charge in [0, 0.05) is 19.4 Å². The van der Waals surface area contributed by atoms with Gasteiger partial charge in [-0.25, -0.2) is 4.39 Å². The molecule has 26 heavy (non-hydrogen) atoms. The number of pyridine rings is 1. The van der Waals surface area contributed by atoms with E-state index in [-0.39, 0.29) is 12.0 Å². The lowest BCUT2D eigenvalue weighted by Gasteiger charge is -2.38. The lowest BCUT2D eigenvalue weighted by atomic mass is 9.83. The minimum absolute atomic E-state index is 0.0724. The van der Waals surface area contributed by atoms with Gasteiger partial charge in [0.15, 0.2) is 5.82 Å². The second kappa shape index (κ2) is 6.27. The summed E-state index contributed by atoms with van der Waals surface area (Å²) in [6.07, 6.45) is 7.14. The van der Waals surface area contributed by atoms with E-state index in [1.54, 1.807) is 17.5 Å². The Morgan fingerprint density at radius 1 is 1.15 bits per heavy atom. The van der Waals surface area contributed by atoms with Crippen molar-refractivity contribution in [2.75, 3.05) is 11.9 Å². The average molecular weight is 368 g/mol. The Labute approximate surface area is 156 Å². The number of halogens is 1. The molecule has 3 heterocycles. The normalized spacial score (nSPS) is 27.8. The molecule has 0 aliphatic heterocycles. The first kappa shape index (κ1) is 16.1. The van der Waals surface area contributed by atoms with Crippen molar-refractivity contribution in [2.45, 2.75) is 37.9 Å². The molecular formula is C20H21FN4S. The molecule has 0 unspecified atom stereocenters. The van der Waals surface area contributed by atoms with E-state index < -0.39 is 6.17 Å². The van der Waals surface area contributed by atoms with Gasteiger partial charge in [-0.05, 0) is 67.2 Å². The topological polar surface area (TPSA) is 41.9 Å². The van der Waals surface area contributed by atoms with Crippen LogP contribution in [0.4, 0.5) is 10.2 Å². The zero-order valence-electron chi connectivity index (χ0n) is 14.7.